The Labute approximate surface area is 202 Å². The molecule has 1 aliphatic rings. The maximum Gasteiger partial charge on any atom is 0.272 e. The molecule has 1 saturated heterocycles. The Bertz CT molecular complexity index is 1330. The van der Waals surface area contributed by atoms with Crippen LogP contribution < -0.4 is 9.64 Å². The summed E-state index contributed by atoms with van der Waals surface area (Å²) < 4.78 is 34.0. The topological polar surface area (TPSA) is 50.6 Å². The van der Waals surface area contributed by atoms with E-state index in [1.165, 1.54) is 28.9 Å². The molecule has 1 aliphatic heterocycles. The highest BCUT2D eigenvalue weighted by atomic mass is 19.1. The molecule has 0 saturated carbocycles. The minimum atomic E-state index is -0.375. The highest BCUT2D eigenvalue weighted by Gasteiger charge is 2.27. The molecule has 1 amide bonds. The number of carbonyl (C=O) groups is 1. The maximum absolute atomic E-state index is 13.6. The lowest BCUT2D eigenvalue weighted by Gasteiger charge is -2.36. The first-order valence-electron chi connectivity index (χ1n) is 11.3. The number of carbonyl (C=O) groups excluding carboxylic acids is 1. The molecular formula is C27H24F2N4O2. The van der Waals surface area contributed by atoms with Crippen LogP contribution in [0.1, 0.15) is 10.5 Å². The number of para-hydroxylation sites is 2. The molecule has 0 aliphatic carbocycles. The molecule has 0 radical (unpaired) electrons. The van der Waals surface area contributed by atoms with Crippen LogP contribution in [0.2, 0.25) is 0 Å². The van der Waals surface area contributed by atoms with Crippen molar-refractivity contribution in [3.63, 3.8) is 0 Å². The summed E-state index contributed by atoms with van der Waals surface area (Å²) in [6.45, 7) is 2.36. The summed E-state index contributed by atoms with van der Waals surface area (Å²) in [4.78, 5) is 17.6. The second kappa shape index (κ2) is 9.58. The van der Waals surface area contributed by atoms with Crippen molar-refractivity contribution in [1.82, 2.24) is 14.7 Å². The molecule has 0 N–H and O–H groups in total. The Morgan fingerprint density at radius 3 is 2.14 bits per heavy atom. The van der Waals surface area contributed by atoms with Crippen LogP contribution in [0.25, 0.3) is 16.9 Å². The lowest BCUT2D eigenvalue weighted by Crippen LogP contribution is -2.49. The maximum atomic E-state index is 13.6. The van der Waals surface area contributed by atoms with E-state index in [0.717, 1.165) is 11.4 Å². The third-order valence-corrected chi connectivity index (χ3v) is 6.13. The van der Waals surface area contributed by atoms with Gasteiger partial charge in [0.2, 0.25) is 0 Å². The molecular weight excluding hydrogens is 450 g/mol. The predicted molar refractivity (Wildman–Crippen MR) is 130 cm³/mol. The Morgan fingerprint density at radius 2 is 1.49 bits per heavy atom. The van der Waals surface area contributed by atoms with Crippen molar-refractivity contribution >= 4 is 11.6 Å². The molecule has 178 valence electrons. The van der Waals surface area contributed by atoms with Crippen molar-refractivity contribution in [3.8, 4) is 22.7 Å². The van der Waals surface area contributed by atoms with E-state index in [4.69, 9.17) is 4.74 Å². The summed E-state index contributed by atoms with van der Waals surface area (Å²) in [6, 6.07) is 21.3. The number of methoxy groups -OCH3 is 1. The van der Waals surface area contributed by atoms with Crippen molar-refractivity contribution in [1.29, 1.82) is 0 Å². The van der Waals surface area contributed by atoms with Crippen LogP contribution in [0.15, 0.2) is 78.9 Å². The van der Waals surface area contributed by atoms with Gasteiger partial charge >= 0.3 is 0 Å². The first kappa shape index (κ1) is 22.6. The van der Waals surface area contributed by atoms with Crippen molar-refractivity contribution in [2.75, 3.05) is 38.2 Å². The predicted octanol–water partition coefficient (Wildman–Crippen LogP) is 4.79. The fourth-order valence-corrected chi connectivity index (χ4v) is 4.28. The van der Waals surface area contributed by atoms with E-state index in [0.29, 0.717) is 48.8 Å². The van der Waals surface area contributed by atoms with Gasteiger partial charge in [-0.2, -0.15) is 5.10 Å². The van der Waals surface area contributed by atoms with Gasteiger partial charge in [-0.05, 0) is 66.7 Å². The number of halogens is 2. The first-order chi connectivity index (χ1) is 17.0. The van der Waals surface area contributed by atoms with E-state index >= 15 is 0 Å². The molecule has 5 rings (SSSR count). The van der Waals surface area contributed by atoms with Gasteiger partial charge in [-0.25, -0.2) is 13.5 Å². The lowest BCUT2D eigenvalue weighted by molar-refractivity contribution is 0.0737. The average molecular weight is 475 g/mol. The van der Waals surface area contributed by atoms with Crippen LogP contribution in [0.4, 0.5) is 14.5 Å². The molecule has 3 aromatic carbocycles. The number of piperazine rings is 1. The van der Waals surface area contributed by atoms with Crippen LogP contribution in [0.5, 0.6) is 5.75 Å². The zero-order valence-corrected chi connectivity index (χ0v) is 19.2. The first-order valence-corrected chi connectivity index (χ1v) is 11.3. The third-order valence-electron chi connectivity index (χ3n) is 6.13. The van der Waals surface area contributed by atoms with Gasteiger partial charge in [0.15, 0.2) is 0 Å². The smallest absolute Gasteiger partial charge is 0.272 e. The summed E-state index contributed by atoms with van der Waals surface area (Å²) in [5, 5.41) is 4.61. The minimum absolute atomic E-state index is 0.171. The van der Waals surface area contributed by atoms with Crippen molar-refractivity contribution < 1.29 is 18.3 Å². The van der Waals surface area contributed by atoms with E-state index in [2.05, 4.69) is 10.00 Å². The molecule has 6 nitrogen and oxygen atoms in total. The molecule has 0 spiro atoms. The van der Waals surface area contributed by atoms with Crippen molar-refractivity contribution in [2.24, 2.45) is 0 Å². The highest BCUT2D eigenvalue weighted by molar-refractivity contribution is 5.94. The van der Waals surface area contributed by atoms with E-state index < -0.39 is 0 Å². The summed E-state index contributed by atoms with van der Waals surface area (Å²) in [7, 11) is 1.65. The number of aromatic nitrogens is 2. The molecule has 0 unspecified atom stereocenters. The second-order valence-corrected chi connectivity index (χ2v) is 8.26. The Kier molecular flexibility index (Phi) is 6.18. The number of amides is 1. The van der Waals surface area contributed by atoms with Crippen LogP contribution in [0.3, 0.4) is 0 Å². The molecule has 35 heavy (non-hydrogen) atoms. The van der Waals surface area contributed by atoms with Gasteiger partial charge in [0.1, 0.15) is 23.1 Å². The van der Waals surface area contributed by atoms with Gasteiger partial charge in [-0.1, -0.05) is 12.1 Å². The normalized spacial score (nSPS) is 13.7. The monoisotopic (exact) mass is 474 g/mol. The minimum Gasteiger partial charge on any atom is -0.495 e. The molecule has 0 bridgehead atoms. The Morgan fingerprint density at radius 1 is 0.857 bits per heavy atom. The Balaban J connectivity index is 1.42. The standard InChI is InChI=1S/C27H24F2N4O2/c1-35-26-5-3-2-4-24(26)31-14-16-32(17-15-31)27(34)25-18-23(19-6-8-20(28)9-7-19)30-33(25)22-12-10-21(29)11-13-22/h2-13,18H,14-17H2,1H3. The van der Waals surface area contributed by atoms with E-state index in [1.54, 1.807) is 42.3 Å². The van der Waals surface area contributed by atoms with Gasteiger partial charge in [0, 0.05) is 31.7 Å². The van der Waals surface area contributed by atoms with Crippen molar-refractivity contribution in [3.05, 3.63) is 96.2 Å². The van der Waals surface area contributed by atoms with E-state index in [-0.39, 0.29) is 17.5 Å². The van der Waals surface area contributed by atoms with Gasteiger partial charge in [0.05, 0.1) is 24.2 Å². The van der Waals surface area contributed by atoms with Crippen LogP contribution in [-0.2, 0) is 0 Å². The number of benzene rings is 3. The average Bonchev–Trinajstić information content (AvgIpc) is 3.34. The van der Waals surface area contributed by atoms with E-state index in [9.17, 15) is 13.6 Å². The molecule has 1 fully saturated rings. The number of anilines is 1. The SMILES string of the molecule is COc1ccccc1N1CCN(C(=O)c2cc(-c3ccc(F)cc3)nn2-c2ccc(F)cc2)CC1. The quantitative estimate of drug-likeness (QED) is 0.418. The summed E-state index contributed by atoms with van der Waals surface area (Å²) in [5.41, 5.74) is 3.14. The number of ether oxygens (including phenoxy) is 1. The fourth-order valence-electron chi connectivity index (χ4n) is 4.28. The number of nitrogens with zero attached hydrogens (tertiary/aromatic N) is 4. The molecule has 1 aromatic heterocycles. The van der Waals surface area contributed by atoms with Gasteiger partial charge < -0.3 is 14.5 Å². The van der Waals surface area contributed by atoms with Gasteiger partial charge in [-0.3, -0.25) is 4.79 Å². The molecule has 2 heterocycles. The lowest BCUT2D eigenvalue weighted by atomic mass is 10.1. The van der Waals surface area contributed by atoms with Crippen molar-refractivity contribution in [2.45, 2.75) is 0 Å². The molecule has 0 atom stereocenters. The Hall–Kier alpha value is -4.20. The summed E-state index contributed by atoms with van der Waals surface area (Å²) in [6.07, 6.45) is 0. The zero-order valence-electron chi connectivity index (χ0n) is 19.2. The fraction of sp³-hybridized carbons (Fsp3) is 0.185. The van der Waals surface area contributed by atoms with E-state index in [1.807, 2.05) is 24.3 Å². The summed E-state index contributed by atoms with van der Waals surface area (Å²) in [5.74, 6) is -0.101. The van der Waals surface area contributed by atoms with Gasteiger partial charge in [0.25, 0.3) is 5.91 Å². The number of hydrogen-bond donors (Lipinski definition) is 0. The van der Waals surface area contributed by atoms with Gasteiger partial charge in [-0.15, -0.1) is 0 Å². The largest absolute Gasteiger partial charge is 0.495 e. The van der Waals surface area contributed by atoms with Crippen LogP contribution in [-0.4, -0.2) is 53.9 Å². The highest BCUT2D eigenvalue weighted by Crippen LogP contribution is 2.29. The molecule has 4 aromatic rings. The van der Waals surface area contributed by atoms with Crippen LogP contribution >= 0.6 is 0 Å². The zero-order chi connectivity index (χ0) is 24.4. The molecule has 8 heteroatoms. The number of rotatable bonds is 5. The summed E-state index contributed by atoms with van der Waals surface area (Å²) >= 11 is 0. The number of hydrogen-bond acceptors (Lipinski definition) is 4. The van der Waals surface area contributed by atoms with Crippen LogP contribution in [0, 0.1) is 11.6 Å². The third kappa shape index (κ3) is 4.59. The second-order valence-electron chi connectivity index (χ2n) is 8.26.